The molecule has 0 aliphatic heterocycles. The normalized spacial score (nSPS) is 12.2. The Balaban J connectivity index is 2.20. The molecule has 2 aromatic carbocycles. The number of aryl methyl sites for hydroxylation is 1. The van der Waals surface area contributed by atoms with E-state index in [1.54, 1.807) is 12.1 Å². The number of sulfonamides is 1. The standard InChI is InChI=1S/C19H14F4N2O2S/c1-11-9-12(4-6-16(11)19(21,22)23)14-3-2-8-25-18(14)15-10-13(28(24,26)27)5-7-17(15)20/h2-10H,1H3,(H2,24,26,27). The van der Waals surface area contributed by atoms with Gasteiger partial charge < -0.3 is 0 Å². The van der Waals surface area contributed by atoms with Gasteiger partial charge >= 0.3 is 6.18 Å². The Morgan fingerprint density at radius 1 is 1.00 bits per heavy atom. The molecule has 9 heteroatoms. The van der Waals surface area contributed by atoms with E-state index in [1.165, 1.54) is 25.3 Å². The number of primary sulfonamides is 1. The third-order valence-corrected chi connectivity index (χ3v) is 5.08. The molecule has 2 N–H and O–H groups in total. The third-order valence-electron chi connectivity index (χ3n) is 4.17. The molecule has 0 fully saturated rings. The molecule has 3 rings (SSSR count). The van der Waals surface area contributed by atoms with Crippen LogP contribution in [0.3, 0.4) is 0 Å². The van der Waals surface area contributed by atoms with Gasteiger partial charge in [-0.15, -0.1) is 0 Å². The summed E-state index contributed by atoms with van der Waals surface area (Å²) in [7, 11) is -4.08. The molecule has 28 heavy (non-hydrogen) atoms. The summed E-state index contributed by atoms with van der Waals surface area (Å²) in [6.45, 7) is 1.32. The largest absolute Gasteiger partial charge is 0.416 e. The van der Waals surface area contributed by atoms with Crippen molar-refractivity contribution in [3.8, 4) is 22.4 Å². The number of benzene rings is 2. The minimum absolute atomic E-state index is 0.00133. The molecule has 0 unspecified atom stereocenters. The molecule has 3 aromatic rings. The van der Waals surface area contributed by atoms with Gasteiger partial charge in [0.15, 0.2) is 0 Å². The Morgan fingerprint density at radius 2 is 1.71 bits per heavy atom. The molecular formula is C19H14F4N2O2S. The SMILES string of the molecule is Cc1cc(-c2cccnc2-c2cc(S(N)(=O)=O)ccc2F)ccc1C(F)(F)F. The lowest BCUT2D eigenvalue weighted by Gasteiger charge is -2.14. The second kappa shape index (κ2) is 6.99. The van der Waals surface area contributed by atoms with Gasteiger partial charge in [-0.3, -0.25) is 4.98 Å². The predicted octanol–water partition coefficient (Wildman–Crippen LogP) is 4.53. The van der Waals surface area contributed by atoms with Crippen LogP contribution in [0.2, 0.25) is 0 Å². The van der Waals surface area contributed by atoms with Gasteiger partial charge in [-0.1, -0.05) is 18.2 Å². The van der Waals surface area contributed by atoms with Crippen molar-refractivity contribution in [1.29, 1.82) is 0 Å². The van der Waals surface area contributed by atoms with E-state index >= 15 is 0 Å². The number of alkyl halides is 3. The topological polar surface area (TPSA) is 73.0 Å². The number of halogens is 4. The minimum Gasteiger partial charge on any atom is -0.255 e. The molecule has 0 bridgehead atoms. The smallest absolute Gasteiger partial charge is 0.255 e. The zero-order valence-electron chi connectivity index (χ0n) is 14.5. The van der Waals surface area contributed by atoms with Gasteiger partial charge in [-0.2, -0.15) is 13.2 Å². The zero-order chi connectivity index (χ0) is 20.7. The zero-order valence-corrected chi connectivity index (χ0v) is 15.3. The summed E-state index contributed by atoms with van der Waals surface area (Å²) in [6.07, 6.45) is -3.12. The van der Waals surface area contributed by atoms with Crippen LogP contribution in [0.4, 0.5) is 17.6 Å². The fourth-order valence-corrected chi connectivity index (χ4v) is 3.40. The van der Waals surface area contributed by atoms with Crippen LogP contribution in [-0.4, -0.2) is 13.4 Å². The van der Waals surface area contributed by atoms with Gasteiger partial charge in [0.05, 0.1) is 16.2 Å². The summed E-state index contributed by atoms with van der Waals surface area (Å²) in [5.41, 5.74) is -0.0780. The van der Waals surface area contributed by atoms with E-state index in [9.17, 15) is 26.0 Å². The van der Waals surface area contributed by atoms with E-state index in [-0.39, 0.29) is 21.7 Å². The van der Waals surface area contributed by atoms with E-state index in [1.807, 2.05) is 0 Å². The lowest BCUT2D eigenvalue weighted by Crippen LogP contribution is -2.12. The van der Waals surface area contributed by atoms with E-state index in [0.29, 0.717) is 11.1 Å². The summed E-state index contributed by atoms with van der Waals surface area (Å²) in [5, 5.41) is 5.10. The average Bonchev–Trinajstić information content (AvgIpc) is 2.60. The van der Waals surface area contributed by atoms with Gasteiger partial charge in [0.25, 0.3) is 0 Å². The molecule has 1 aromatic heterocycles. The molecule has 0 radical (unpaired) electrons. The number of nitrogens with zero attached hydrogens (tertiary/aromatic N) is 1. The maximum absolute atomic E-state index is 14.4. The van der Waals surface area contributed by atoms with Gasteiger partial charge in [0, 0.05) is 17.3 Å². The molecule has 0 atom stereocenters. The molecule has 0 saturated heterocycles. The van der Waals surface area contributed by atoms with Crippen LogP contribution in [0.5, 0.6) is 0 Å². The van der Waals surface area contributed by atoms with Gasteiger partial charge in [-0.05, 0) is 48.4 Å². The van der Waals surface area contributed by atoms with Gasteiger partial charge in [0.1, 0.15) is 5.82 Å². The van der Waals surface area contributed by atoms with Crippen LogP contribution >= 0.6 is 0 Å². The molecule has 4 nitrogen and oxygen atoms in total. The monoisotopic (exact) mass is 410 g/mol. The first-order valence-electron chi connectivity index (χ1n) is 7.94. The number of hydrogen-bond acceptors (Lipinski definition) is 3. The Morgan fingerprint density at radius 3 is 2.32 bits per heavy atom. The van der Waals surface area contributed by atoms with Crippen molar-refractivity contribution in [2.75, 3.05) is 0 Å². The second-order valence-corrected chi connectivity index (χ2v) is 7.68. The summed E-state index contributed by atoms with van der Waals surface area (Å²) in [5.74, 6) is -0.740. The van der Waals surface area contributed by atoms with Crippen LogP contribution in [0.1, 0.15) is 11.1 Å². The van der Waals surface area contributed by atoms with Crippen molar-refractivity contribution in [2.24, 2.45) is 5.14 Å². The van der Waals surface area contributed by atoms with Gasteiger partial charge in [-0.25, -0.2) is 17.9 Å². The maximum atomic E-state index is 14.4. The highest BCUT2D eigenvalue weighted by Gasteiger charge is 2.32. The number of aromatic nitrogens is 1. The van der Waals surface area contributed by atoms with Crippen LogP contribution in [0, 0.1) is 12.7 Å². The Hall–Kier alpha value is -2.78. The number of rotatable bonds is 3. The quantitative estimate of drug-likeness (QED) is 0.645. The summed E-state index contributed by atoms with van der Waals surface area (Å²) < 4.78 is 76.6. The first kappa shape index (κ1) is 20.0. The van der Waals surface area contributed by atoms with Crippen molar-refractivity contribution in [1.82, 2.24) is 4.98 Å². The Bertz CT molecular complexity index is 1160. The van der Waals surface area contributed by atoms with E-state index < -0.39 is 27.6 Å². The van der Waals surface area contributed by atoms with E-state index in [0.717, 1.165) is 24.3 Å². The molecule has 0 amide bonds. The number of nitrogens with two attached hydrogens (primary N) is 1. The fraction of sp³-hybridized carbons (Fsp3) is 0.105. The summed E-state index contributed by atoms with van der Waals surface area (Å²) in [6, 6.07) is 9.67. The fourth-order valence-electron chi connectivity index (χ4n) is 2.86. The molecule has 0 aliphatic carbocycles. The highest BCUT2D eigenvalue weighted by molar-refractivity contribution is 7.89. The highest BCUT2D eigenvalue weighted by atomic mass is 32.2. The Labute approximate surface area is 158 Å². The van der Waals surface area contributed by atoms with Crippen molar-refractivity contribution >= 4 is 10.0 Å². The number of hydrogen-bond donors (Lipinski definition) is 1. The van der Waals surface area contributed by atoms with E-state index in [2.05, 4.69) is 4.98 Å². The Kier molecular flexibility index (Phi) is 4.99. The lowest BCUT2D eigenvalue weighted by atomic mass is 9.96. The lowest BCUT2D eigenvalue weighted by molar-refractivity contribution is -0.138. The molecule has 0 saturated carbocycles. The highest BCUT2D eigenvalue weighted by Crippen LogP contribution is 2.37. The number of pyridine rings is 1. The third kappa shape index (κ3) is 3.90. The molecule has 1 heterocycles. The minimum atomic E-state index is -4.49. The first-order valence-corrected chi connectivity index (χ1v) is 9.49. The second-order valence-electron chi connectivity index (χ2n) is 6.11. The van der Waals surface area contributed by atoms with Crippen LogP contribution < -0.4 is 5.14 Å². The summed E-state index contributed by atoms with van der Waals surface area (Å²) in [4.78, 5) is 3.81. The van der Waals surface area contributed by atoms with Crippen molar-refractivity contribution < 1.29 is 26.0 Å². The summed E-state index contributed by atoms with van der Waals surface area (Å²) >= 11 is 0. The first-order chi connectivity index (χ1) is 13.0. The average molecular weight is 410 g/mol. The van der Waals surface area contributed by atoms with Crippen LogP contribution in [0.25, 0.3) is 22.4 Å². The van der Waals surface area contributed by atoms with E-state index in [4.69, 9.17) is 5.14 Å². The van der Waals surface area contributed by atoms with Crippen LogP contribution in [-0.2, 0) is 16.2 Å². The van der Waals surface area contributed by atoms with Crippen molar-refractivity contribution in [2.45, 2.75) is 18.0 Å². The molecule has 0 aliphatic rings. The molecular weight excluding hydrogens is 396 g/mol. The van der Waals surface area contributed by atoms with Crippen molar-refractivity contribution in [3.05, 3.63) is 71.7 Å². The molecule has 146 valence electrons. The van der Waals surface area contributed by atoms with Crippen molar-refractivity contribution in [3.63, 3.8) is 0 Å². The predicted molar refractivity (Wildman–Crippen MR) is 96.2 cm³/mol. The van der Waals surface area contributed by atoms with Gasteiger partial charge in [0.2, 0.25) is 10.0 Å². The molecule has 0 spiro atoms. The van der Waals surface area contributed by atoms with Crippen LogP contribution in [0.15, 0.2) is 59.6 Å². The maximum Gasteiger partial charge on any atom is 0.416 e.